The van der Waals surface area contributed by atoms with Crippen LogP contribution in [0.1, 0.15) is 24.6 Å². The highest BCUT2D eigenvalue weighted by molar-refractivity contribution is 7.89. The van der Waals surface area contributed by atoms with E-state index in [-0.39, 0.29) is 5.75 Å². The van der Waals surface area contributed by atoms with Crippen molar-refractivity contribution in [3.05, 3.63) is 60.2 Å². The predicted octanol–water partition coefficient (Wildman–Crippen LogP) is 2.83. The molecule has 0 aliphatic rings. The number of hydrogen-bond acceptors (Lipinski definition) is 5. The molecule has 3 rings (SSSR count). The van der Waals surface area contributed by atoms with Gasteiger partial charge in [-0.3, -0.25) is 4.98 Å². The lowest BCUT2D eigenvalue weighted by atomic mass is 10.1. The predicted molar refractivity (Wildman–Crippen MR) is 97.1 cm³/mol. The second-order valence-electron chi connectivity index (χ2n) is 6.04. The standard InChI is InChI=1S/C18H20N4O2S/c1-3-4-16-11-17(9-10-19-16)22-13-20-18(21-22)15-7-5-14(6-8-15)12-25(2,23)24/h5-11,13H,3-4,12H2,1-2H3. The van der Waals surface area contributed by atoms with Gasteiger partial charge in [-0.15, -0.1) is 5.10 Å². The minimum absolute atomic E-state index is 0.0341. The maximum Gasteiger partial charge on any atom is 0.181 e. The Morgan fingerprint density at radius 2 is 1.84 bits per heavy atom. The molecule has 1 aromatic carbocycles. The van der Waals surface area contributed by atoms with Crippen molar-refractivity contribution in [2.45, 2.75) is 25.5 Å². The van der Waals surface area contributed by atoms with Crippen molar-refractivity contribution in [1.29, 1.82) is 0 Å². The molecular formula is C18H20N4O2S. The zero-order chi connectivity index (χ0) is 17.9. The van der Waals surface area contributed by atoms with Crippen LogP contribution in [0.2, 0.25) is 0 Å². The van der Waals surface area contributed by atoms with Gasteiger partial charge in [-0.25, -0.2) is 18.1 Å². The summed E-state index contributed by atoms with van der Waals surface area (Å²) in [5.41, 5.74) is 3.55. The molecule has 2 heterocycles. The third kappa shape index (κ3) is 4.51. The Morgan fingerprint density at radius 1 is 1.08 bits per heavy atom. The number of benzene rings is 1. The lowest BCUT2D eigenvalue weighted by Gasteiger charge is -2.03. The number of aryl methyl sites for hydroxylation is 1. The Bertz CT molecular complexity index is 963. The van der Waals surface area contributed by atoms with E-state index in [1.165, 1.54) is 6.26 Å². The molecule has 0 N–H and O–H groups in total. The number of hydrogen-bond donors (Lipinski definition) is 0. The molecule has 2 aromatic heterocycles. The monoisotopic (exact) mass is 356 g/mol. The number of pyridine rings is 1. The molecule has 0 atom stereocenters. The first-order chi connectivity index (χ1) is 11.9. The average molecular weight is 356 g/mol. The minimum atomic E-state index is -3.04. The summed E-state index contributed by atoms with van der Waals surface area (Å²) in [7, 11) is -3.04. The lowest BCUT2D eigenvalue weighted by Crippen LogP contribution is -2.00. The zero-order valence-electron chi connectivity index (χ0n) is 14.3. The Labute approximate surface area is 147 Å². The van der Waals surface area contributed by atoms with Crippen LogP contribution in [0, 0.1) is 0 Å². The molecule has 0 saturated carbocycles. The van der Waals surface area contributed by atoms with Crippen LogP contribution in [0.25, 0.3) is 17.1 Å². The number of aromatic nitrogens is 4. The molecule has 6 nitrogen and oxygen atoms in total. The van der Waals surface area contributed by atoms with Crippen LogP contribution >= 0.6 is 0 Å². The second kappa shape index (κ2) is 7.14. The fourth-order valence-corrected chi connectivity index (χ4v) is 3.37. The maximum absolute atomic E-state index is 11.4. The van der Waals surface area contributed by atoms with E-state index in [9.17, 15) is 8.42 Å². The molecule has 0 saturated heterocycles. The van der Waals surface area contributed by atoms with Gasteiger partial charge in [0.25, 0.3) is 0 Å². The van der Waals surface area contributed by atoms with E-state index in [4.69, 9.17) is 0 Å². The largest absolute Gasteiger partial charge is 0.261 e. The van der Waals surface area contributed by atoms with Crippen LogP contribution in [0.3, 0.4) is 0 Å². The molecule has 0 aliphatic heterocycles. The van der Waals surface area contributed by atoms with E-state index in [2.05, 4.69) is 22.0 Å². The molecule has 0 radical (unpaired) electrons. The van der Waals surface area contributed by atoms with Crippen molar-refractivity contribution in [3.8, 4) is 17.1 Å². The molecule has 0 unspecified atom stereocenters. The molecule has 130 valence electrons. The van der Waals surface area contributed by atoms with Gasteiger partial charge in [0.2, 0.25) is 0 Å². The van der Waals surface area contributed by atoms with Crippen molar-refractivity contribution in [2.75, 3.05) is 6.26 Å². The minimum Gasteiger partial charge on any atom is -0.261 e. The van der Waals surface area contributed by atoms with Gasteiger partial charge in [0.05, 0.1) is 11.4 Å². The number of nitrogens with zero attached hydrogens (tertiary/aromatic N) is 4. The highest BCUT2D eigenvalue weighted by atomic mass is 32.2. The summed E-state index contributed by atoms with van der Waals surface area (Å²) < 4.78 is 24.4. The Morgan fingerprint density at radius 3 is 2.52 bits per heavy atom. The summed E-state index contributed by atoms with van der Waals surface area (Å²) in [6, 6.07) is 11.2. The molecule has 0 aliphatic carbocycles. The smallest absolute Gasteiger partial charge is 0.181 e. The molecule has 3 aromatic rings. The van der Waals surface area contributed by atoms with E-state index in [1.54, 1.807) is 29.3 Å². The summed E-state index contributed by atoms with van der Waals surface area (Å²) in [6.07, 6.45) is 6.65. The topological polar surface area (TPSA) is 77.7 Å². The van der Waals surface area contributed by atoms with Crippen molar-refractivity contribution in [2.24, 2.45) is 0 Å². The molecule has 0 amide bonds. The fourth-order valence-electron chi connectivity index (χ4n) is 2.57. The number of sulfone groups is 1. The van der Waals surface area contributed by atoms with Gasteiger partial charge in [-0.05, 0) is 24.1 Å². The summed E-state index contributed by atoms with van der Waals surface area (Å²) in [5.74, 6) is 0.631. The van der Waals surface area contributed by atoms with Gasteiger partial charge >= 0.3 is 0 Å². The molecule has 0 fully saturated rings. The van der Waals surface area contributed by atoms with Crippen molar-refractivity contribution < 1.29 is 8.42 Å². The Balaban J connectivity index is 1.83. The Hall–Kier alpha value is -2.54. The van der Waals surface area contributed by atoms with Gasteiger partial charge < -0.3 is 0 Å². The number of rotatable bonds is 6. The van der Waals surface area contributed by atoms with Crippen molar-refractivity contribution in [3.63, 3.8) is 0 Å². The van der Waals surface area contributed by atoms with E-state index < -0.39 is 9.84 Å². The first kappa shape index (κ1) is 17.3. The molecule has 0 spiro atoms. The highest BCUT2D eigenvalue weighted by Crippen LogP contribution is 2.18. The second-order valence-corrected chi connectivity index (χ2v) is 8.18. The summed E-state index contributed by atoms with van der Waals surface area (Å²) in [5, 5.41) is 4.52. The van der Waals surface area contributed by atoms with E-state index >= 15 is 0 Å². The van der Waals surface area contributed by atoms with Crippen LogP contribution in [0.5, 0.6) is 0 Å². The quantitative estimate of drug-likeness (QED) is 0.679. The third-order valence-electron chi connectivity index (χ3n) is 3.70. The summed E-state index contributed by atoms with van der Waals surface area (Å²) in [4.78, 5) is 8.70. The van der Waals surface area contributed by atoms with Crippen LogP contribution < -0.4 is 0 Å². The van der Waals surface area contributed by atoms with Gasteiger partial charge in [-0.2, -0.15) is 0 Å². The zero-order valence-corrected chi connectivity index (χ0v) is 15.1. The summed E-state index contributed by atoms with van der Waals surface area (Å²) >= 11 is 0. The Kier molecular flexibility index (Phi) is 4.94. The fraction of sp³-hybridized carbons (Fsp3) is 0.278. The summed E-state index contributed by atoms with van der Waals surface area (Å²) in [6.45, 7) is 2.12. The average Bonchev–Trinajstić information content (AvgIpc) is 3.05. The van der Waals surface area contributed by atoms with Crippen LogP contribution in [0.4, 0.5) is 0 Å². The van der Waals surface area contributed by atoms with Crippen LogP contribution in [0.15, 0.2) is 48.9 Å². The van der Waals surface area contributed by atoms with E-state index in [0.717, 1.165) is 35.3 Å². The van der Waals surface area contributed by atoms with E-state index in [1.807, 2.05) is 24.3 Å². The van der Waals surface area contributed by atoms with Gasteiger partial charge in [0.15, 0.2) is 15.7 Å². The van der Waals surface area contributed by atoms with Crippen molar-refractivity contribution >= 4 is 9.84 Å². The van der Waals surface area contributed by atoms with Gasteiger partial charge in [-0.1, -0.05) is 37.6 Å². The van der Waals surface area contributed by atoms with Gasteiger partial charge in [0, 0.05) is 23.7 Å². The highest BCUT2D eigenvalue weighted by Gasteiger charge is 2.08. The van der Waals surface area contributed by atoms with Crippen LogP contribution in [-0.4, -0.2) is 34.4 Å². The first-order valence-corrected chi connectivity index (χ1v) is 10.1. The lowest BCUT2D eigenvalue weighted by molar-refractivity contribution is 0.601. The molecule has 25 heavy (non-hydrogen) atoms. The maximum atomic E-state index is 11.4. The molecule has 0 bridgehead atoms. The third-order valence-corrected chi connectivity index (χ3v) is 4.56. The molecular weight excluding hydrogens is 336 g/mol. The first-order valence-electron chi connectivity index (χ1n) is 8.08. The SMILES string of the molecule is CCCc1cc(-n2cnc(-c3ccc(CS(C)(=O)=O)cc3)n2)ccn1. The molecule has 7 heteroatoms. The van der Waals surface area contributed by atoms with Crippen LogP contribution in [-0.2, 0) is 22.0 Å². The normalized spacial score (nSPS) is 11.6. The van der Waals surface area contributed by atoms with E-state index in [0.29, 0.717) is 5.82 Å². The van der Waals surface area contributed by atoms with Crippen molar-refractivity contribution in [1.82, 2.24) is 19.7 Å². The van der Waals surface area contributed by atoms with Gasteiger partial charge in [0.1, 0.15) is 6.33 Å².